The molecule has 1 fully saturated rings. The van der Waals surface area contributed by atoms with Gasteiger partial charge in [0, 0.05) is 51.5 Å². The summed E-state index contributed by atoms with van der Waals surface area (Å²) in [6.45, 7) is 5.26. The van der Waals surface area contributed by atoms with E-state index in [2.05, 4.69) is 25.4 Å². The van der Waals surface area contributed by atoms with E-state index in [0.717, 1.165) is 44.7 Å². The third kappa shape index (κ3) is 3.15. The summed E-state index contributed by atoms with van der Waals surface area (Å²) in [6, 6.07) is 3.78. The van der Waals surface area contributed by atoms with Crippen LogP contribution >= 0.6 is 0 Å². The molecule has 1 N–H and O–H groups in total. The van der Waals surface area contributed by atoms with Crippen molar-refractivity contribution in [2.45, 2.75) is 6.42 Å². The first kappa shape index (κ1) is 12.3. The van der Waals surface area contributed by atoms with Crippen molar-refractivity contribution >= 4 is 0 Å². The fourth-order valence-electron chi connectivity index (χ4n) is 2.15. The van der Waals surface area contributed by atoms with Crippen LogP contribution in [0, 0.1) is 0 Å². The lowest BCUT2D eigenvalue weighted by Gasteiger charge is -2.26. The van der Waals surface area contributed by atoms with Crippen molar-refractivity contribution < 1.29 is 4.42 Å². The predicted molar refractivity (Wildman–Crippen MR) is 70.5 cm³/mol. The largest absolute Gasteiger partial charge is 0.421 e. The lowest BCUT2D eigenvalue weighted by Crippen LogP contribution is -2.44. The fourth-order valence-corrected chi connectivity index (χ4v) is 2.15. The maximum Gasteiger partial charge on any atom is 0.249 e. The first-order valence-corrected chi connectivity index (χ1v) is 6.58. The lowest BCUT2D eigenvalue weighted by atomic mass is 10.3. The van der Waals surface area contributed by atoms with Gasteiger partial charge in [0.2, 0.25) is 11.8 Å². The summed E-state index contributed by atoms with van der Waals surface area (Å²) in [4.78, 5) is 6.45. The van der Waals surface area contributed by atoms with E-state index in [0.29, 0.717) is 11.8 Å². The Kier molecular flexibility index (Phi) is 3.81. The van der Waals surface area contributed by atoms with Crippen molar-refractivity contribution in [3.8, 4) is 11.5 Å². The van der Waals surface area contributed by atoms with Crippen LogP contribution < -0.4 is 5.32 Å². The molecule has 0 aliphatic carbocycles. The number of hydrogen-bond donors (Lipinski definition) is 1. The molecule has 6 heteroatoms. The molecule has 6 nitrogen and oxygen atoms in total. The van der Waals surface area contributed by atoms with Crippen LogP contribution in [0.4, 0.5) is 0 Å². The summed E-state index contributed by atoms with van der Waals surface area (Å²) >= 11 is 0. The Labute approximate surface area is 111 Å². The molecule has 1 aliphatic heterocycles. The molecule has 1 saturated heterocycles. The first-order chi connectivity index (χ1) is 9.42. The second kappa shape index (κ2) is 5.90. The molecule has 2 aromatic rings. The zero-order chi connectivity index (χ0) is 12.9. The molecule has 2 aromatic heterocycles. The molecule has 0 amide bonds. The van der Waals surface area contributed by atoms with Crippen LogP contribution in [-0.4, -0.2) is 52.8 Å². The molecule has 0 spiro atoms. The molecule has 19 heavy (non-hydrogen) atoms. The summed E-state index contributed by atoms with van der Waals surface area (Å²) in [5.41, 5.74) is 0.864. The van der Waals surface area contributed by atoms with E-state index in [4.69, 9.17) is 4.42 Å². The van der Waals surface area contributed by atoms with Crippen molar-refractivity contribution in [2.24, 2.45) is 0 Å². The van der Waals surface area contributed by atoms with Gasteiger partial charge in [0.25, 0.3) is 0 Å². The Morgan fingerprint density at radius 1 is 1.26 bits per heavy atom. The Bertz CT molecular complexity index is 507. The molecule has 0 saturated carbocycles. The van der Waals surface area contributed by atoms with Crippen LogP contribution in [0.5, 0.6) is 0 Å². The van der Waals surface area contributed by atoms with Gasteiger partial charge in [-0.2, -0.15) is 0 Å². The number of nitrogens with one attached hydrogen (secondary N) is 1. The summed E-state index contributed by atoms with van der Waals surface area (Å²) in [7, 11) is 0. The SMILES string of the molecule is c1cncc(-c2nnc(CCN3CCNCC3)o2)c1. The Morgan fingerprint density at radius 3 is 2.95 bits per heavy atom. The van der Waals surface area contributed by atoms with Crippen molar-refractivity contribution in [1.82, 2.24) is 25.4 Å². The first-order valence-electron chi connectivity index (χ1n) is 6.58. The van der Waals surface area contributed by atoms with Gasteiger partial charge in [0.05, 0.1) is 5.56 Å². The minimum absolute atomic E-state index is 0.545. The minimum Gasteiger partial charge on any atom is -0.421 e. The lowest BCUT2D eigenvalue weighted by molar-refractivity contribution is 0.238. The predicted octanol–water partition coefficient (Wildman–Crippen LogP) is 0.579. The van der Waals surface area contributed by atoms with Crippen LogP contribution in [0.15, 0.2) is 28.9 Å². The molecular formula is C13H17N5O. The Balaban J connectivity index is 1.59. The maximum absolute atomic E-state index is 5.66. The molecule has 0 bridgehead atoms. The smallest absolute Gasteiger partial charge is 0.249 e. The highest BCUT2D eigenvalue weighted by Crippen LogP contribution is 2.16. The topological polar surface area (TPSA) is 67.1 Å². The van der Waals surface area contributed by atoms with Crippen LogP contribution in [-0.2, 0) is 6.42 Å². The molecule has 3 rings (SSSR count). The zero-order valence-electron chi connectivity index (χ0n) is 10.7. The van der Waals surface area contributed by atoms with Crippen molar-refractivity contribution in [3.63, 3.8) is 0 Å². The number of rotatable bonds is 4. The summed E-state index contributed by atoms with van der Waals surface area (Å²) in [6.07, 6.45) is 4.26. The highest BCUT2D eigenvalue weighted by Gasteiger charge is 2.12. The van der Waals surface area contributed by atoms with Gasteiger partial charge in [-0.05, 0) is 12.1 Å². The van der Waals surface area contributed by atoms with Crippen molar-refractivity contribution in [1.29, 1.82) is 0 Å². The van der Waals surface area contributed by atoms with Crippen molar-refractivity contribution in [3.05, 3.63) is 30.4 Å². The van der Waals surface area contributed by atoms with E-state index < -0.39 is 0 Å². The highest BCUT2D eigenvalue weighted by molar-refractivity contribution is 5.49. The van der Waals surface area contributed by atoms with Gasteiger partial charge in [0.1, 0.15) is 0 Å². The van der Waals surface area contributed by atoms with Crippen LogP contribution in [0.25, 0.3) is 11.5 Å². The van der Waals surface area contributed by atoms with Crippen LogP contribution in [0.2, 0.25) is 0 Å². The number of piperazine rings is 1. The van der Waals surface area contributed by atoms with E-state index in [9.17, 15) is 0 Å². The minimum atomic E-state index is 0.545. The summed E-state index contributed by atoms with van der Waals surface area (Å²) in [5, 5.41) is 11.5. The summed E-state index contributed by atoms with van der Waals surface area (Å²) in [5.74, 6) is 1.24. The van der Waals surface area contributed by atoms with Gasteiger partial charge in [-0.25, -0.2) is 0 Å². The quantitative estimate of drug-likeness (QED) is 0.866. The molecule has 3 heterocycles. The molecular weight excluding hydrogens is 242 g/mol. The van der Waals surface area contributed by atoms with E-state index in [-0.39, 0.29) is 0 Å². The molecule has 0 radical (unpaired) electrons. The van der Waals surface area contributed by atoms with Gasteiger partial charge >= 0.3 is 0 Å². The highest BCUT2D eigenvalue weighted by atomic mass is 16.4. The van der Waals surface area contributed by atoms with E-state index in [1.807, 2.05) is 12.1 Å². The molecule has 0 aromatic carbocycles. The number of pyridine rings is 1. The maximum atomic E-state index is 5.66. The second-order valence-electron chi connectivity index (χ2n) is 4.58. The summed E-state index contributed by atoms with van der Waals surface area (Å²) < 4.78 is 5.66. The van der Waals surface area contributed by atoms with Crippen LogP contribution in [0.3, 0.4) is 0 Å². The normalized spacial score (nSPS) is 16.6. The van der Waals surface area contributed by atoms with Crippen molar-refractivity contribution in [2.75, 3.05) is 32.7 Å². The van der Waals surface area contributed by atoms with E-state index in [1.165, 1.54) is 0 Å². The van der Waals surface area contributed by atoms with Gasteiger partial charge in [-0.1, -0.05) is 0 Å². The monoisotopic (exact) mass is 259 g/mol. The molecule has 1 aliphatic rings. The number of aromatic nitrogens is 3. The standard InChI is InChI=1S/C13H17N5O/c1-2-11(10-15-4-1)13-17-16-12(19-13)3-7-18-8-5-14-6-9-18/h1-2,4,10,14H,3,5-9H2. The third-order valence-corrected chi connectivity index (χ3v) is 3.23. The zero-order valence-corrected chi connectivity index (χ0v) is 10.7. The number of hydrogen-bond acceptors (Lipinski definition) is 6. The van der Waals surface area contributed by atoms with Gasteiger partial charge in [-0.15, -0.1) is 10.2 Å². The molecule has 100 valence electrons. The van der Waals surface area contributed by atoms with E-state index >= 15 is 0 Å². The number of nitrogens with zero attached hydrogens (tertiary/aromatic N) is 4. The molecule has 0 unspecified atom stereocenters. The van der Waals surface area contributed by atoms with Gasteiger partial charge in [0.15, 0.2) is 0 Å². The Hall–Kier alpha value is -1.79. The second-order valence-corrected chi connectivity index (χ2v) is 4.58. The van der Waals surface area contributed by atoms with Gasteiger partial charge < -0.3 is 14.6 Å². The average Bonchev–Trinajstić information content (AvgIpc) is 2.96. The average molecular weight is 259 g/mol. The molecule has 0 atom stereocenters. The third-order valence-electron chi connectivity index (χ3n) is 3.23. The van der Waals surface area contributed by atoms with E-state index in [1.54, 1.807) is 12.4 Å². The Morgan fingerprint density at radius 2 is 2.16 bits per heavy atom. The van der Waals surface area contributed by atoms with Gasteiger partial charge in [-0.3, -0.25) is 4.98 Å². The van der Waals surface area contributed by atoms with Crippen LogP contribution in [0.1, 0.15) is 5.89 Å². The fraction of sp³-hybridized carbons (Fsp3) is 0.462.